The Balaban J connectivity index is 1.87. The number of aliphatic hydroxyl groups excluding tert-OH is 1. The second-order valence-corrected chi connectivity index (χ2v) is 4.71. The number of aryl methyl sites for hydroxylation is 1. The summed E-state index contributed by atoms with van der Waals surface area (Å²) in [5.41, 5.74) is 1.84. The molecule has 100 valence electrons. The summed E-state index contributed by atoms with van der Waals surface area (Å²) >= 11 is 0. The van der Waals surface area contributed by atoms with E-state index in [0.29, 0.717) is 12.5 Å². The minimum atomic E-state index is 0.0397. The Kier molecular flexibility index (Phi) is 4.96. The predicted molar refractivity (Wildman–Crippen MR) is 70.7 cm³/mol. The van der Waals surface area contributed by atoms with Crippen molar-refractivity contribution in [3.8, 4) is 5.88 Å². The molecule has 1 saturated heterocycles. The molecule has 0 unspecified atom stereocenters. The molecular weight excluding hydrogens is 228 g/mol. The van der Waals surface area contributed by atoms with Crippen molar-refractivity contribution in [1.29, 1.82) is 0 Å². The maximum atomic E-state index is 9.19. The van der Waals surface area contributed by atoms with Gasteiger partial charge in [0.2, 0.25) is 5.88 Å². The fourth-order valence-corrected chi connectivity index (χ4v) is 2.25. The van der Waals surface area contributed by atoms with Crippen LogP contribution < -0.4 is 4.74 Å². The summed E-state index contributed by atoms with van der Waals surface area (Å²) < 4.78 is 5.69. The minimum Gasteiger partial charge on any atom is -0.476 e. The number of nitrogens with zero attached hydrogens (tertiary/aromatic N) is 2. The van der Waals surface area contributed by atoms with Crippen molar-refractivity contribution in [3.05, 3.63) is 23.4 Å². The highest BCUT2D eigenvalue weighted by Crippen LogP contribution is 2.14. The van der Waals surface area contributed by atoms with Crippen LogP contribution in [0.2, 0.25) is 0 Å². The molecule has 0 atom stereocenters. The number of aromatic nitrogens is 1. The van der Waals surface area contributed by atoms with E-state index in [2.05, 4.69) is 16.8 Å². The molecule has 4 heteroatoms. The van der Waals surface area contributed by atoms with Crippen molar-refractivity contribution in [2.24, 2.45) is 0 Å². The van der Waals surface area contributed by atoms with E-state index in [1.165, 1.54) is 25.9 Å². The summed E-state index contributed by atoms with van der Waals surface area (Å²) in [5, 5.41) is 9.19. The summed E-state index contributed by atoms with van der Waals surface area (Å²) in [7, 11) is 0. The number of ether oxygens (including phenoxy) is 1. The summed E-state index contributed by atoms with van der Waals surface area (Å²) in [4.78, 5) is 6.83. The van der Waals surface area contributed by atoms with Crippen LogP contribution in [0.5, 0.6) is 5.88 Å². The summed E-state index contributed by atoms with van der Waals surface area (Å²) in [6.45, 7) is 6.11. The Morgan fingerprint density at radius 3 is 2.78 bits per heavy atom. The van der Waals surface area contributed by atoms with E-state index >= 15 is 0 Å². The van der Waals surface area contributed by atoms with Crippen molar-refractivity contribution < 1.29 is 9.84 Å². The van der Waals surface area contributed by atoms with E-state index < -0.39 is 0 Å². The molecule has 1 aliphatic heterocycles. The third kappa shape index (κ3) is 3.68. The number of rotatable bonds is 6. The van der Waals surface area contributed by atoms with Gasteiger partial charge >= 0.3 is 0 Å². The zero-order valence-corrected chi connectivity index (χ0v) is 11.1. The van der Waals surface area contributed by atoms with Crippen LogP contribution in [-0.2, 0) is 13.0 Å². The molecule has 2 heterocycles. The number of hydrogen-bond donors (Lipinski definition) is 1. The molecule has 0 amide bonds. The Morgan fingerprint density at radius 1 is 1.33 bits per heavy atom. The fraction of sp³-hybridized carbons (Fsp3) is 0.643. The van der Waals surface area contributed by atoms with Crippen molar-refractivity contribution in [3.63, 3.8) is 0 Å². The second-order valence-electron chi connectivity index (χ2n) is 4.71. The number of aliphatic hydroxyl groups is 1. The first-order chi connectivity index (χ1) is 8.81. The molecule has 0 bridgehead atoms. The first kappa shape index (κ1) is 13.3. The lowest BCUT2D eigenvalue weighted by molar-refractivity contribution is 0.230. The molecule has 4 nitrogen and oxygen atoms in total. The zero-order chi connectivity index (χ0) is 12.8. The first-order valence-corrected chi connectivity index (χ1v) is 6.77. The monoisotopic (exact) mass is 250 g/mol. The van der Waals surface area contributed by atoms with Crippen molar-refractivity contribution in [2.75, 3.05) is 26.2 Å². The van der Waals surface area contributed by atoms with Crippen LogP contribution in [-0.4, -0.2) is 41.2 Å². The molecule has 0 aromatic carbocycles. The van der Waals surface area contributed by atoms with Crippen LogP contribution in [0.4, 0.5) is 0 Å². The second kappa shape index (κ2) is 6.71. The fourth-order valence-electron chi connectivity index (χ4n) is 2.25. The Morgan fingerprint density at radius 2 is 2.11 bits per heavy atom. The van der Waals surface area contributed by atoms with E-state index in [1.54, 1.807) is 0 Å². The van der Waals surface area contributed by atoms with Gasteiger partial charge in [0.05, 0.1) is 6.61 Å². The molecule has 1 N–H and O–H groups in total. The third-order valence-electron chi connectivity index (χ3n) is 3.32. The van der Waals surface area contributed by atoms with Gasteiger partial charge in [-0.3, -0.25) is 4.90 Å². The van der Waals surface area contributed by atoms with Crippen LogP contribution >= 0.6 is 0 Å². The van der Waals surface area contributed by atoms with E-state index in [4.69, 9.17) is 4.74 Å². The lowest BCUT2D eigenvalue weighted by Crippen LogP contribution is -2.25. The third-order valence-corrected chi connectivity index (χ3v) is 3.32. The van der Waals surface area contributed by atoms with E-state index in [0.717, 1.165) is 24.2 Å². The SMILES string of the molecule is CCc1cc(CO)cc(OCCN2CCCC2)n1. The van der Waals surface area contributed by atoms with Gasteiger partial charge in [-0.2, -0.15) is 0 Å². The molecule has 1 fully saturated rings. The topological polar surface area (TPSA) is 45.6 Å². The van der Waals surface area contributed by atoms with Crippen LogP contribution in [0.3, 0.4) is 0 Å². The van der Waals surface area contributed by atoms with Crippen LogP contribution in [0.1, 0.15) is 31.0 Å². The van der Waals surface area contributed by atoms with Gasteiger partial charge in [0, 0.05) is 18.3 Å². The number of likely N-dealkylation sites (tertiary alicyclic amines) is 1. The lowest BCUT2D eigenvalue weighted by atomic mass is 10.2. The van der Waals surface area contributed by atoms with Gasteiger partial charge in [-0.1, -0.05) is 6.92 Å². The highest BCUT2D eigenvalue weighted by molar-refractivity contribution is 5.24. The van der Waals surface area contributed by atoms with Gasteiger partial charge in [-0.25, -0.2) is 4.98 Å². The zero-order valence-electron chi connectivity index (χ0n) is 11.1. The maximum Gasteiger partial charge on any atom is 0.213 e. The van der Waals surface area contributed by atoms with E-state index in [9.17, 15) is 5.11 Å². The molecule has 1 aliphatic rings. The molecule has 1 aromatic heterocycles. The minimum absolute atomic E-state index is 0.0397. The average molecular weight is 250 g/mol. The number of pyridine rings is 1. The average Bonchev–Trinajstić information content (AvgIpc) is 2.91. The Bertz CT molecular complexity index is 354. The molecule has 18 heavy (non-hydrogen) atoms. The molecule has 0 spiro atoms. The predicted octanol–water partition coefficient (Wildman–Crippen LogP) is 1.61. The quantitative estimate of drug-likeness (QED) is 0.833. The summed E-state index contributed by atoms with van der Waals surface area (Å²) in [5.74, 6) is 0.637. The summed E-state index contributed by atoms with van der Waals surface area (Å²) in [6, 6.07) is 3.75. The van der Waals surface area contributed by atoms with Gasteiger partial charge < -0.3 is 9.84 Å². The molecule has 2 rings (SSSR count). The molecule has 0 aliphatic carbocycles. The van der Waals surface area contributed by atoms with Gasteiger partial charge in [0.25, 0.3) is 0 Å². The molecule has 1 aromatic rings. The van der Waals surface area contributed by atoms with Gasteiger partial charge in [-0.05, 0) is 44.0 Å². The van der Waals surface area contributed by atoms with Gasteiger partial charge in [-0.15, -0.1) is 0 Å². The van der Waals surface area contributed by atoms with Crippen LogP contribution in [0.15, 0.2) is 12.1 Å². The normalized spacial score (nSPS) is 16.1. The lowest BCUT2D eigenvalue weighted by Gasteiger charge is -2.15. The smallest absolute Gasteiger partial charge is 0.213 e. The van der Waals surface area contributed by atoms with Gasteiger partial charge in [0.1, 0.15) is 6.61 Å². The Hall–Kier alpha value is -1.13. The summed E-state index contributed by atoms with van der Waals surface area (Å²) in [6.07, 6.45) is 3.47. The number of hydrogen-bond acceptors (Lipinski definition) is 4. The van der Waals surface area contributed by atoms with Crippen LogP contribution in [0.25, 0.3) is 0 Å². The van der Waals surface area contributed by atoms with Gasteiger partial charge in [0.15, 0.2) is 0 Å². The highest BCUT2D eigenvalue weighted by Gasteiger charge is 2.11. The van der Waals surface area contributed by atoms with Crippen molar-refractivity contribution in [1.82, 2.24) is 9.88 Å². The molecule has 0 radical (unpaired) electrons. The highest BCUT2D eigenvalue weighted by atomic mass is 16.5. The Labute approximate surface area is 109 Å². The van der Waals surface area contributed by atoms with Crippen molar-refractivity contribution in [2.45, 2.75) is 32.8 Å². The van der Waals surface area contributed by atoms with Crippen LogP contribution in [0, 0.1) is 0 Å². The van der Waals surface area contributed by atoms with Crippen molar-refractivity contribution >= 4 is 0 Å². The largest absolute Gasteiger partial charge is 0.476 e. The standard InChI is InChI=1S/C14H22N2O2/c1-2-13-9-12(11-17)10-14(15-13)18-8-7-16-5-3-4-6-16/h9-10,17H,2-8,11H2,1H3. The molecule has 0 saturated carbocycles. The first-order valence-electron chi connectivity index (χ1n) is 6.77. The van der Waals surface area contributed by atoms with E-state index in [-0.39, 0.29) is 6.61 Å². The van der Waals surface area contributed by atoms with E-state index in [1.807, 2.05) is 12.1 Å². The maximum absolute atomic E-state index is 9.19. The molecular formula is C14H22N2O2.